The molecule has 9 heteroatoms. The number of morpholine rings is 1. The molecule has 3 heterocycles. The highest BCUT2D eigenvalue weighted by atomic mass is 35.5. The zero-order valence-corrected chi connectivity index (χ0v) is 17.2. The molecule has 2 fully saturated rings. The summed E-state index contributed by atoms with van der Waals surface area (Å²) in [6, 6.07) is 2.03. The Hall–Kier alpha value is -1.15. The minimum absolute atomic E-state index is 0. The van der Waals surface area contributed by atoms with Crippen molar-refractivity contribution in [3.63, 3.8) is 0 Å². The van der Waals surface area contributed by atoms with Gasteiger partial charge in [-0.25, -0.2) is 9.97 Å². The van der Waals surface area contributed by atoms with Gasteiger partial charge in [0.25, 0.3) is 5.91 Å². The third-order valence-corrected chi connectivity index (χ3v) is 4.49. The van der Waals surface area contributed by atoms with E-state index in [9.17, 15) is 4.79 Å². The summed E-state index contributed by atoms with van der Waals surface area (Å²) in [4.78, 5) is 25.9. The smallest absolute Gasteiger partial charge is 0.253 e. The van der Waals surface area contributed by atoms with Gasteiger partial charge in [-0.2, -0.15) is 0 Å². The second-order valence-electron chi connectivity index (χ2n) is 6.76. The zero-order chi connectivity index (χ0) is 17.1. The Bertz CT molecular complexity index is 589. The molecule has 1 N–H and O–H groups in total. The number of ether oxygens (including phenoxy) is 1. The van der Waals surface area contributed by atoms with Crippen LogP contribution in [0.5, 0.6) is 0 Å². The summed E-state index contributed by atoms with van der Waals surface area (Å²) >= 11 is 0. The average Bonchev–Trinajstić information content (AvgIpc) is 2.61. The van der Waals surface area contributed by atoms with Gasteiger partial charge in [0.2, 0.25) is 0 Å². The molecule has 1 atom stereocenters. The molecule has 0 aromatic carbocycles. The molecule has 0 spiro atoms. The first kappa shape index (κ1) is 22.9. The van der Waals surface area contributed by atoms with E-state index in [0.29, 0.717) is 32.2 Å². The molecule has 7 nitrogen and oxygen atoms in total. The summed E-state index contributed by atoms with van der Waals surface area (Å²) in [6.07, 6.45) is -0.334. The van der Waals surface area contributed by atoms with Crippen LogP contribution in [0.2, 0.25) is 0 Å². The van der Waals surface area contributed by atoms with Gasteiger partial charge in [-0.15, -0.1) is 24.8 Å². The second kappa shape index (κ2) is 10.3. The third kappa shape index (κ3) is 5.42. The van der Waals surface area contributed by atoms with E-state index in [4.69, 9.17) is 9.72 Å². The number of halogens is 2. The van der Waals surface area contributed by atoms with Gasteiger partial charge in [0.05, 0.1) is 6.61 Å². The molecular formula is C17H29Cl2N5O2. The van der Waals surface area contributed by atoms with Crippen LogP contribution in [0, 0.1) is 6.92 Å². The fourth-order valence-corrected chi connectivity index (χ4v) is 3.08. The number of piperazine rings is 1. The lowest BCUT2D eigenvalue weighted by Crippen LogP contribution is -2.55. The minimum atomic E-state index is -0.334. The summed E-state index contributed by atoms with van der Waals surface area (Å²) < 4.78 is 5.57. The van der Waals surface area contributed by atoms with Gasteiger partial charge in [0.1, 0.15) is 17.7 Å². The maximum Gasteiger partial charge on any atom is 0.253 e. The van der Waals surface area contributed by atoms with Crippen molar-refractivity contribution < 1.29 is 9.53 Å². The number of carbonyl (C=O) groups is 1. The number of rotatable bonds is 3. The van der Waals surface area contributed by atoms with E-state index in [1.165, 1.54) is 0 Å². The van der Waals surface area contributed by atoms with E-state index in [1.54, 1.807) is 0 Å². The number of hydrogen-bond acceptors (Lipinski definition) is 6. The number of amides is 1. The monoisotopic (exact) mass is 405 g/mol. The summed E-state index contributed by atoms with van der Waals surface area (Å²) in [6.45, 7) is 11.3. The number of nitrogens with one attached hydrogen (secondary N) is 1. The van der Waals surface area contributed by atoms with Gasteiger partial charge < -0.3 is 19.9 Å². The van der Waals surface area contributed by atoms with Crippen LogP contribution in [0.4, 0.5) is 5.82 Å². The molecule has 1 aromatic heterocycles. The maximum atomic E-state index is 12.5. The number of carbonyl (C=O) groups excluding carboxylic acids is 1. The molecule has 148 valence electrons. The van der Waals surface area contributed by atoms with Gasteiger partial charge in [-0.1, -0.05) is 13.8 Å². The Kier molecular flexibility index (Phi) is 9.03. The first-order valence-corrected chi connectivity index (χ1v) is 8.76. The van der Waals surface area contributed by atoms with Gasteiger partial charge in [-0.3, -0.25) is 4.79 Å². The summed E-state index contributed by atoms with van der Waals surface area (Å²) in [5.41, 5.74) is 0.990. The van der Waals surface area contributed by atoms with Gasteiger partial charge >= 0.3 is 0 Å². The Morgan fingerprint density at radius 1 is 1.23 bits per heavy atom. The van der Waals surface area contributed by atoms with Gasteiger partial charge in [0.15, 0.2) is 0 Å². The highest BCUT2D eigenvalue weighted by molar-refractivity contribution is 5.85. The van der Waals surface area contributed by atoms with Crippen molar-refractivity contribution in [1.82, 2.24) is 20.2 Å². The quantitative estimate of drug-likeness (QED) is 0.818. The fraction of sp³-hybridized carbons (Fsp3) is 0.706. The van der Waals surface area contributed by atoms with Crippen LogP contribution in [-0.2, 0) is 9.53 Å². The molecule has 2 aliphatic rings. The molecule has 26 heavy (non-hydrogen) atoms. The van der Waals surface area contributed by atoms with Gasteiger partial charge in [-0.05, 0) is 6.92 Å². The molecule has 2 aliphatic heterocycles. The van der Waals surface area contributed by atoms with Crippen molar-refractivity contribution in [2.75, 3.05) is 50.8 Å². The molecule has 1 unspecified atom stereocenters. The topological polar surface area (TPSA) is 70.6 Å². The van der Waals surface area contributed by atoms with E-state index in [1.807, 2.05) is 17.9 Å². The summed E-state index contributed by atoms with van der Waals surface area (Å²) in [7, 11) is 0. The number of aryl methyl sites for hydroxylation is 1. The van der Waals surface area contributed by atoms with Crippen molar-refractivity contribution in [2.24, 2.45) is 0 Å². The molecule has 2 saturated heterocycles. The molecular weight excluding hydrogens is 377 g/mol. The molecule has 3 rings (SSSR count). The van der Waals surface area contributed by atoms with Crippen LogP contribution in [0.25, 0.3) is 0 Å². The molecule has 1 aromatic rings. The fourth-order valence-electron chi connectivity index (χ4n) is 3.08. The highest BCUT2D eigenvalue weighted by Gasteiger charge is 2.29. The lowest BCUT2D eigenvalue weighted by molar-refractivity contribution is -0.145. The van der Waals surface area contributed by atoms with Crippen LogP contribution in [-0.4, -0.2) is 72.8 Å². The largest absolute Gasteiger partial charge is 0.366 e. The van der Waals surface area contributed by atoms with E-state index in [0.717, 1.165) is 37.0 Å². The SMILES string of the molecule is Cc1cc(N2CCN(C(=O)C3CNCCO3)CC2)nc(C(C)C)n1.Cl.Cl. The lowest BCUT2D eigenvalue weighted by atomic mass is 10.2. The third-order valence-electron chi connectivity index (χ3n) is 4.49. The van der Waals surface area contributed by atoms with Crippen LogP contribution in [0.1, 0.15) is 31.3 Å². The Balaban J connectivity index is 0.00000169. The number of nitrogens with zero attached hydrogens (tertiary/aromatic N) is 4. The number of aromatic nitrogens is 2. The van der Waals surface area contributed by atoms with E-state index >= 15 is 0 Å². The molecule has 0 radical (unpaired) electrons. The maximum absolute atomic E-state index is 12.5. The Morgan fingerprint density at radius 3 is 2.50 bits per heavy atom. The van der Waals surface area contributed by atoms with Crippen molar-refractivity contribution in [3.05, 3.63) is 17.6 Å². The second-order valence-corrected chi connectivity index (χ2v) is 6.76. The molecule has 1 amide bonds. The van der Waals surface area contributed by atoms with Crippen molar-refractivity contribution in [1.29, 1.82) is 0 Å². The van der Waals surface area contributed by atoms with E-state index < -0.39 is 0 Å². The van der Waals surface area contributed by atoms with Crippen molar-refractivity contribution >= 4 is 36.5 Å². The predicted octanol–water partition coefficient (Wildman–Crippen LogP) is 1.39. The molecule has 0 saturated carbocycles. The first-order chi connectivity index (χ1) is 11.5. The Labute approximate surface area is 167 Å². The van der Waals surface area contributed by atoms with Crippen LogP contribution in [0.15, 0.2) is 6.07 Å². The standard InChI is InChI=1S/C17H27N5O2.2ClH/c1-12(2)16-19-13(3)10-15(20-16)21-5-7-22(8-6-21)17(23)14-11-18-4-9-24-14;;/h10,12,14,18H,4-9,11H2,1-3H3;2*1H. The number of hydrogen-bond donors (Lipinski definition) is 1. The zero-order valence-electron chi connectivity index (χ0n) is 15.6. The van der Waals surface area contributed by atoms with Gasteiger partial charge in [0, 0.05) is 56.9 Å². The minimum Gasteiger partial charge on any atom is -0.366 e. The predicted molar refractivity (Wildman–Crippen MR) is 107 cm³/mol. The highest BCUT2D eigenvalue weighted by Crippen LogP contribution is 2.19. The van der Waals surface area contributed by atoms with Crippen molar-refractivity contribution in [2.45, 2.75) is 32.8 Å². The first-order valence-electron chi connectivity index (χ1n) is 8.76. The van der Waals surface area contributed by atoms with E-state index in [-0.39, 0.29) is 36.8 Å². The van der Waals surface area contributed by atoms with Crippen LogP contribution < -0.4 is 10.2 Å². The van der Waals surface area contributed by atoms with Crippen LogP contribution in [0.3, 0.4) is 0 Å². The van der Waals surface area contributed by atoms with Crippen LogP contribution >= 0.6 is 24.8 Å². The molecule has 0 bridgehead atoms. The molecule has 0 aliphatic carbocycles. The lowest BCUT2D eigenvalue weighted by Gasteiger charge is -2.37. The van der Waals surface area contributed by atoms with Crippen molar-refractivity contribution in [3.8, 4) is 0 Å². The van der Waals surface area contributed by atoms with E-state index in [2.05, 4.69) is 29.0 Å². The number of anilines is 1. The summed E-state index contributed by atoms with van der Waals surface area (Å²) in [5, 5.41) is 3.21. The Morgan fingerprint density at radius 2 is 1.92 bits per heavy atom. The summed E-state index contributed by atoms with van der Waals surface area (Å²) in [5.74, 6) is 2.25. The normalized spacial score (nSPS) is 20.4. The average molecular weight is 406 g/mol.